The Labute approximate surface area is 127 Å². The summed E-state index contributed by atoms with van der Waals surface area (Å²) in [4.78, 5) is 2.28. The van der Waals surface area contributed by atoms with Crippen molar-refractivity contribution >= 4 is 0 Å². The van der Waals surface area contributed by atoms with Crippen LogP contribution in [0.3, 0.4) is 0 Å². The average molecular weight is 281 g/mol. The Morgan fingerprint density at radius 2 is 1.76 bits per heavy atom. The summed E-state index contributed by atoms with van der Waals surface area (Å²) in [7, 11) is 2.11. The van der Waals surface area contributed by atoms with Gasteiger partial charge in [-0.25, -0.2) is 0 Å². The second-order valence-electron chi connectivity index (χ2n) is 6.00. The summed E-state index contributed by atoms with van der Waals surface area (Å²) in [5.41, 5.74) is 3.97. The Kier molecular flexibility index (Phi) is 4.37. The quantitative estimate of drug-likeness (QED) is 0.870. The van der Waals surface area contributed by atoms with E-state index in [0.717, 1.165) is 25.8 Å². The minimum Gasteiger partial charge on any atom is -0.391 e. The summed E-state index contributed by atoms with van der Waals surface area (Å²) in [6.45, 7) is 0.858. The molecule has 1 aliphatic rings. The van der Waals surface area contributed by atoms with Gasteiger partial charge in [-0.2, -0.15) is 0 Å². The van der Waals surface area contributed by atoms with Crippen LogP contribution in [0.4, 0.5) is 0 Å². The van der Waals surface area contributed by atoms with Crippen molar-refractivity contribution in [1.82, 2.24) is 4.90 Å². The number of hydrogen-bond donors (Lipinski definition) is 1. The second kappa shape index (κ2) is 6.42. The van der Waals surface area contributed by atoms with Crippen LogP contribution < -0.4 is 0 Å². The summed E-state index contributed by atoms with van der Waals surface area (Å²) in [5.74, 6) is 0. The SMILES string of the molecule is CN(Cc1ccccc1)[C@H]1c2ccccc2CCC[C@@H]1O. The molecule has 0 amide bonds. The number of rotatable bonds is 3. The molecule has 1 N–H and O–H groups in total. The Morgan fingerprint density at radius 1 is 1.05 bits per heavy atom. The maximum absolute atomic E-state index is 10.6. The van der Waals surface area contributed by atoms with Crippen LogP contribution in [0.1, 0.15) is 35.6 Å². The van der Waals surface area contributed by atoms with Gasteiger partial charge in [0, 0.05) is 6.54 Å². The third-order valence-electron chi connectivity index (χ3n) is 4.43. The number of benzene rings is 2. The Morgan fingerprint density at radius 3 is 2.57 bits per heavy atom. The lowest BCUT2D eigenvalue weighted by atomic mass is 9.96. The van der Waals surface area contributed by atoms with Crippen molar-refractivity contribution in [3.63, 3.8) is 0 Å². The summed E-state index contributed by atoms with van der Waals surface area (Å²) >= 11 is 0. The van der Waals surface area contributed by atoms with Gasteiger partial charge in [0.2, 0.25) is 0 Å². The number of aliphatic hydroxyl groups excluding tert-OH is 1. The third-order valence-corrected chi connectivity index (χ3v) is 4.43. The summed E-state index contributed by atoms with van der Waals surface area (Å²) in [5, 5.41) is 10.6. The van der Waals surface area contributed by atoms with E-state index in [1.54, 1.807) is 0 Å². The number of likely N-dealkylation sites (N-methyl/N-ethyl adjacent to an activating group) is 1. The molecule has 0 saturated heterocycles. The number of hydrogen-bond acceptors (Lipinski definition) is 2. The molecular weight excluding hydrogens is 258 g/mol. The number of fused-ring (bicyclic) bond motifs is 1. The molecule has 0 fully saturated rings. The summed E-state index contributed by atoms with van der Waals surface area (Å²) in [6.07, 6.45) is 2.72. The van der Waals surface area contributed by atoms with Gasteiger partial charge in [0.1, 0.15) is 0 Å². The van der Waals surface area contributed by atoms with Gasteiger partial charge >= 0.3 is 0 Å². The zero-order chi connectivity index (χ0) is 14.7. The summed E-state index contributed by atoms with van der Waals surface area (Å²) < 4.78 is 0. The molecule has 2 heteroatoms. The van der Waals surface area contributed by atoms with E-state index in [0.29, 0.717) is 0 Å². The average Bonchev–Trinajstić information content (AvgIpc) is 2.66. The zero-order valence-electron chi connectivity index (χ0n) is 12.6. The van der Waals surface area contributed by atoms with E-state index in [2.05, 4.69) is 60.5 Å². The number of aliphatic hydroxyl groups is 1. The minimum atomic E-state index is -0.289. The van der Waals surface area contributed by atoms with Crippen molar-refractivity contribution in [2.45, 2.75) is 38.0 Å². The molecule has 0 bridgehead atoms. The highest BCUT2D eigenvalue weighted by molar-refractivity contribution is 5.32. The first kappa shape index (κ1) is 14.3. The molecule has 0 heterocycles. The van der Waals surface area contributed by atoms with Gasteiger partial charge in [-0.3, -0.25) is 4.90 Å². The Bertz CT molecular complexity index is 581. The van der Waals surface area contributed by atoms with Crippen molar-refractivity contribution in [3.8, 4) is 0 Å². The molecule has 0 saturated carbocycles. The van der Waals surface area contributed by atoms with Gasteiger partial charge in [0.25, 0.3) is 0 Å². The fourth-order valence-electron chi connectivity index (χ4n) is 3.42. The van der Waals surface area contributed by atoms with Crippen LogP contribution in [-0.2, 0) is 13.0 Å². The van der Waals surface area contributed by atoms with Gasteiger partial charge in [0.15, 0.2) is 0 Å². The highest BCUT2D eigenvalue weighted by Gasteiger charge is 2.29. The highest BCUT2D eigenvalue weighted by atomic mass is 16.3. The van der Waals surface area contributed by atoms with Gasteiger partial charge < -0.3 is 5.11 Å². The molecule has 2 nitrogen and oxygen atoms in total. The van der Waals surface area contributed by atoms with Crippen LogP contribution in [0.5, 0.6) is 0 Å². The molecule has 110 valence electrons. The van der Waals surface area contributed by atoms with Gasteiger partial charge in [-0.15, -0.1) is 0 Å². The topological polar surface area (TPSA) is 23.5 Å². The molecule has 1 aliphatic carbocycles. The maximum atomic E-state index is 10.6. The van der Waals surface area contributed by atoms with Crippen molar-refractivity contribution in [2.24, 2.45) is 0 Å². The van der Waals surface area contributed by atoms with Crippen LogP contribution in [0.25, 0.3) is 0 Å². The zero-order valence-corrected chi connectivity index (χ0v) is 12.6. The first-order chi connectivity index (χ1) is 10.3. The van der Waals surface area contributed by atoms with Gasteiger partial charge in [-0.1, -0.05) is 54.6 Å². The van der Waals surface area contributed by atoms with E-state index in [9.17, 15) is 5.11 Å². The van der Waals surface area contributed by atoms with Crippen LogP contribution in [0.15, 0.2) is 54.6 Å². The van der Waals surface area contributed by atoms with Crippen LogP contribution in [0, 0.1) is 0 Å². The molecule has 2 aromatic rings. The number of nitrogens with zero attached hydrogens (tertiary/aromatic N) is 1. The third kappa shape index (κ3) is 3.17. The Hall–Kier alpha value is -1.64. The molecular formula is C19H23NO. The molecule has 21 heavy (non-hydrogen) atoms. The fourth-order valence-corrected chi connectivity index (χ4v) is 3.42. The predicted octanol–water partition coefficient (Wildman–Crippen LogP) is 3.56. The molecule has 0 radical (unpaired) electrons. The second-order valence-corrected chi connectivity index (χ2v) is 6.00. The standard InChI is InChI=1S/C19H23NO/c1-20(14-15-8-3-2-4-9-15)19-17-12-6-5-10-16(17)11-7-13-18(19)21/h2-6,8-10,12,18-19,21H,7,11,13-14H2,1H3/t18-,19-/m0/s1. The van der Waals surface area contributed by atoms with E-state index in [-0.39, 0.29) is 12.1 Å². The number of aryl methyl sites for hydroxylation is 1. The van der Waals surface area contributed by atoms with Crippen LogP contribution in [0.2, 0.25) is 0 Å². The van der Waals surface area contributed by atoms with Crippen LogP contribution in [-0.4, -0.2) is 23.2 Å². The van der Waals surface area contributed by atoms with Crippen molar-refractivity contribution < 1.29 is 5.11 Å². The van der Waals surface area contributed by atoms with E-state index in [4.69, 9.17) is 0 Å². The lowest BCUT2D eigenvalue weighted by Gasteiger charge is -2.32. The lowest BCUT2D eigenvalue weighted by molar-refractivity contribution is 0.0542. The first-order valence-corrected chi connectivity index (χ1v) is 7.76. The molecule has 0 aromatic heterocycles. The molecule has 3 rings (SSSR count). The molecule has 2 atom stereocenters. The smallest absolute Gasteiger partial charge is 0.0737 e. The van der Waals surface area contributed by atoms with Gasteiger partial charge in [0.05, 0.1) is 12.1 Å². The molecule has 0 unspecified atom stereocenters. The first-order valence-electron chi connectivity index (χ1n) is 7.76. The Balaban J connectivity index is 1.88. The van der Waals surface area contributed by atoms with Crippen molar-refractivity contribution in [2.75, 3.05) is 7.05 Å². The van der Waals surface area contributed by atoms with E-state index in [1.807, 2.05) is 6.07 Å². The summed E-state index contributed by atoms with van der Waals surface area (Å²) in [6, 6.07) is 19.1. The minimum absolute atomic E-state index is 0.0870. The highest BCUT2D eigenvalue weighted by Crippen LogP contribution is 2.33. The maximum Gasteiger partial charge on any atom is 0.0737 e. The van der Waals surface area contributed by atoms with Gasteiger partial charge in [-0.05, 0) is 43.0 Å². The largest absolute Gasteiger partial charge is 0.391 e. The monoisotopic (exact) mass is 281 g/mol. The van der Waals surface area contributed by atoms with Crippen molar-refractivity contribution in [1.29, 1.82) is 0 Å². The molecule has 2 aromatic carbocycles. The van der Waals surface area contributed by atoms with Crippen LogP contribution >= 0.6 is 0 Å². The molecule has 0 aliphatic heterocycles. The van der Waals surface area contributed by atoms with Crippen molar-refractivity contribution in [3.05, 3.63) is 71.3 Å². The van der Waals surface area contributed by atoms with E-state index >= 15 is 0 Å². The fraction of sp³-hybridized carbons (Fsp3) is 0.368. The predicted molar refractivity (Wildman–Crippen MR) is 86.0 cm³/mol. The lowest BCUT2D eigenvalue weighted by Crippen LogP contribution is -2.33. The van der Waals surface area contributed by atoms with E-state index in [1.165, 1.54) is 16.7 Å². The van der Waals surface area contributed by atoms with E-state index < -0.39 is 0 Å². The normalized spacial score (nSPS) is 21.9. The molecule has 0 spiro atoms.